The van der Waals surface area contributed by atoms with Crippen LogP contribution in [-0.2, 0) is 17.9 Å². The topological polar surface area (TPSA) is 49.3 Å². The Morgan fingerprint density at radius 3 is 2.75 bits per heavy atom. The summed E-state index contributed by atoms with van der Waals surface area (Å²) in [7, 11) is 0. The molecule has 0 saturated carbocycles. The van der Waals surface area contributed by atoms with Crippen molar-refractivity contribution >= 4 is 5.91 Å². The van der Waals surface area contributed by atoms with Gasteiger partial charge in [0.1, 0.15) is 0 Å². The first-order valence-electron chi connectivity index (χ1n) is 8.55. The number of aryl methyl sites for hydroxylation is 1. The molecule has 0 aliphatic carbocycles. The van der Waals surface area contributed by atoms with Gasteiger partial charge in [-0.2, -0.15) is 0 Å². The molecule has 2 aromatic heterocycles. The predicted molar refractivity (Wildman–Crippen MR) is 91.0 cm³/mol. The Balaban J connectivity index is 1.47. The molecule has 124 valence electrons. The third-order valence-corrected chi connectivity index (χ3v) is 5.14. The van der Waals surface area contributed by atoms with Crippen molar-refractivity contribution in [3.05, 3.63) is 59.7 Å². The minimum absolute atomic E-state index is 0.257. The van der Waals surface area contributed by atoms with Gasteiger partial charge in [0.05, 0.1) is 12.2 Å². The molecular weight excluding hydrogens is 300 g/mol. The molecule has 4 rings (SSSR count). The summed E-state index contributed by atoms with van der Waals surface area (Å²) in [6.45, 7) is 4.56. The van der Waals surface area contributed by atoms with Crippen LogP contribution in [0.2, 0.25) is 0 Å². The van der Waals surface area contributed by atoms with Crippen molar-refractivity contribution in [3.63, 3.8) is 0 Å². The molecule has 24 heavy (non-hydrogen) atoms. The quantitative estimate of drug-likeness (QED) is 0.865. The molecule has 2 aliphatic rings. The molecule has 5 heteroatoms. The van der Waals surface area contributed by atoms with Gasteiger partial charge in [0.15, 0.2) is 0 Å². The van der Waals surface area contributed by atoms with E-state index in [1.165, 1.54) is 5.56 Å². The second kappa shape index (κ2) is 6.32. The normalized spacial score (nSPS) is 23.7. The number of pyridine rings is 2. The molecule has 0 spiro atoms. The molecule has 0 radical (unpaired) electrons. The zero-order valence-corrected chi connectivity index (χ0v) is 13.9. The second-order valence-electron chi connectivity index (χ2n) is 6.75. The summed E-state index contributed by atoms with van der Waals surface area (Å²) in [5, 5.41) is 0. The van der Waals surface area contributed by atoms with Crippen LogP contribution in [0.1, 0.15) is 29.8 Å². The van der Waals surface area contributed by atoms with Crippen molar-refractivity contribution in [1.82, 2.24) is 19.8 Å². The van der Waals surface area contributed by atoms with Crippen molar-refractivity contribution in [2.75, 3.05) is 6.54 Å². The number of hydrogen-bond acceptors (Lipinski definition) is 4. The van der Waals surface area contributed by atoms with Gasteiger partial charge < -0.3 is 4.90 Å². The van der Waals surface area contributed by atoms with E-state index in [0.717, 1.165) is 30.9 Å². The van der Waals surface area contributed by atoms with Crippen molar-refractivity contribution in [1.29, 1.82) is 0 Å². The predicted octanol–water partition coefficient (Wildman–Crippen LogP) is 2.16. The van der Waals surface area contributed by atoms with E-state index in [-0.39, 0.29) is 5.91 Å². The smallest absolute Gasteiger partial charge is 0.224 e. The summed E-state index contributed by atoms with van der Waals surface area (Å²) in [6.07, 6.45) is 5.34. The zero-order valence-electron chi connectivity index (χ0n) is 13.9. The molecule has 2 fully saturated rings. The van der Waals surface area contributed by atoms with Gasteiger partial charge in [-0.25, -0.2) is 0 Å². The Hall–Kier alpha value is -2.27. The first-order valence-corrected chi connectivity index (χ1v) is 8.55. The van der Waals surface area contributed by atoms with Gasteiger partial charge in [0, 0.05) is 49.7 Å². The van der Waals surface area contributed by atoms with E-state index in [1.54, 1.807) is 0 Å². The van der Waals surface area contributed by atoms with Crippen LogP contribution >= 0.6 is 0 Å². The summed E-state index contributed by atoms with van der Waals surface area (Å²) in [6, 6.07) is 10.8. The monoisotopic (exact) mass is 322 g/mol. The SMILES string of the molecule is Cc1cccc(CN2C(=O)C[C@H]3[C@@H]2CCN3Cc2ccncc2)n1. The number of amides is 1. The van der Waals surface area contributed by atoms with Crippen LogP contribution in [0.5, 0.6) is 0 Å². The van der Waals surface area contributed by atoms with Crippen LogP contribution < -0.4 is 0 Å². The number of likely N-dealkylation sites (tertiary alicyclic amines) is 2. The van der Waals surface area contributed by atoms with Crippen LogP contribution in [0.25, 0.3) is 0 Å². The summed E-state index contributed by atoms with van der Waals surface area (Å²) in [5.74, 6) is 0.257. The molecule has 2 aromatic rings. The van der Waals surface area contributed by atoms with Crippen LogP contribution in [0.15, 0.2) is 42.7 Å². The number of hydrogen-bond donors (Lipinski definition) is 0. The molecule has 2 aliphatic heterocycles. The molecule has 0 aromatic carbocycles. The van der Waals surface area contributed by atoms with Crippen LogP contribution in [0, 0.1) is 6.92 Å². The Morgan fingerprint density at radius 1 is 1.12 bits per heavy atom. The van der Waals surface area contributed by atoms with E-state index in [9.17, 15) is 4.79 Å². The van der Waals surface area contributed by atoms with E-state index >= 15 is 0 Å². The molecule has 2 atom stereocenters. The maximum Gasteiger partial charge on any atom is 0.224 e. The molecule has 0 unspecified atom stereocenters. The maximum absolute atomic E-state index is 12.5. The molecule has 0 bridgehead atoms. The fraction of sp³-hybridized carbons (Fsp3) is 0.421. The fourth-order valence-electron chi connectivity index (χ4n) is 4.00. The molecule has 0 N–H and O–H groups in total. The number of carbonyl (C=O) groups excluding carboxylic acids is 1. The highest BCUT2D eigenvalue weighted by molar-refractivity contribution is 5.80. The lowest BCUT2D eigenvalue weighted by molar-refractivity contribution is -0.129. The minimum Gasteiger partial charge on any atom is -0.332 e. The zero-order chi connectivity index (χ0) is 16.5. The van der Waals surface area contributed by atoms with Crippen molar-refractivity contribution in [2.24, 2.45) is 0 Å². The van der Waals surface area contributed by atoms with Gasteiger partial charge in [-0.1, -0.05) is 6.07 Å². The average molecular weight is 322 g/mol. The Kier molecular flexibility index (Phi) is 4.02. The van der Waals surface area contributed by atoms with Gasteiger partial charge >= 0.3 is 0 Å². The summed E-state index contributed by atoms with van der Waals surface area (Å²) >= 11 is 0. The largest absolute Gasteiger partial charge is 0.332 e. The molecular formula is C19H22N4O. The Morgan fingerprint density at radius 2 is 1.96 bits per heavy atom. The van der Waals surface area contributed by atoms with Crippen molar-refractivity contribution in [3.8, 4) is 0 Å². The van der Waals surface area contributed by atoms with E-state index in [4.69, 9.17) is 0 Å². The third kappa shape index (κ3) is 2.91. The van der Waals surface area contributed by atoms with Crippen LogP contribution in [0.3, 0.4) is 0 Å². The number of aromatic nitrogens is 2. The number of fused-ring (bicyclic) bond motifs is 1. The number of carbonyl (C=O) groups is 1. The van der Waals surface area contributed by atoms with E-state index < -0.39 is 0 Å². The standard InChI is InChI=1S/C19H22N4O/c1-14-3-2-4-16(21-14)13-23-17-7-10-22(18(17)11-19(23)24)12-15-5-8-20-9-6-15/h2-6,8-9,17-18H,7,10-13H2,1H3/t17-,18-/m0/s1. The minimum atomic E-state index is 0.257. The Bertz CT molecular complexity index is 733. The van der Waals surface area contributed by atoms with Crippen LogP contribution in [0.4, 0.5) is 0 Å². The van der Waals surface area contributed by atoms with Gasteiger partial charge in [0.25, 0.3) is 0 Å². The summed E-state index contributed by atoms with van der Waals surface area (Å²) in [4.78, 5) is 25.7. The van der Waals surface area contributed by atoms with Crippen molar-refractivity contribution < 1.29 is 4.79 Å². The first kappa shape index (κ1) is 15.3. The van der Waals surface area contributed by atoms with Gasteiger partial charge in [0.2, 0.25) is 5.91 Å². The van der Waals surface area contributed by atoms with E-state index in [2.05, 4.69) is 27.0 Å². The fourth-order valence-corrected chi connectivity index (χ4v) is 4.00. The molecule has 2 saturated heterocycles. The molecule has 1 amide bonds. The lowest BCUT2D eigenvalue weighted by Crippen LogP contribution is -2.36. The average Bonchev–Trinajstić information content (AvgIpc) is 3.09. The second-order valence-corrected chi connectivity index (χ2v) is 6.75. The highest BCUT2D eigenvalue weighted by Gasteiger charge is 2.46. The van der Waals surface area contributed by atoms with Gasteiger partial charge in [-0.15, -0.1) is 0 Å². The molecule has 5 nitrogen and oxygen atoms in total. The van der Waals surface area contributed by atoms with E-state index in [0.29, 0.717) is 25.0 Å². The highest BCUT2D eigenvalue weighted by atomic mass is 16.2. The highest BCUT2D eigenvalue weighted by Crippen LogP contribution is 2.34. The van der Waals surface area contributed by atoms with Gasteiger partial charge in [-0.3, -0.25) is 19.7 Å². The lowest BCUT2D eigenvalue weighted by Gasteiger charge is -2.25. The third-order valence-electron chi connectivity index (χ3n) is 5.14. The number of rotatable bonds is 4. The number of nitrogens with zero attached hydrogens (tertiary/aromatic N) is 4. The summed E-state index contributed by atoms with van der Waals surface area (Å²) in [5.41, 5.74) is 3.25. The van der Waals surface area contributed by atoms with Crippen LogP contribution in [-0.4, -0.2) is 44.3 Å². The molecule has 4 heterocycles. The lowest BCUT2D eigenvalue weighted by atomic mass is 10.1. The van der Waals surface area contributed by atoms with Crippen molar-refractivity contribution in [2.45, 2.75) is 44.9 Å². The first-order chi connectivity index (χ1) is 11.7. The Labute approximate surface area is 142 Å². The van der Waals surface area contributed by atoms with E-state index in [1.807, 2.05) is 42.4 Å². The summed E-state index contributed by atoms with van der Waals surface area (Å²) < 4.78 is 0. The maximum atomic E-state index is 12.5. The van der Waals surface area contributed by atoms with Gasteiger partial charge in [-0.05, 0) is 43.2 Å².